The molecule has 0 spiro atoms. The molecule has 1 aromatic heterocycles. The Balaban J connectivity index is 1.49. The van der Waals surface area contributed by atoms with Gasteiger partial charge >= 0.3 is 0 Å². The molecule has 1 aliphatic heterocycles. The molecule has 1 amide bonds. The number of benzene rings is 2. The first kappa shape index (κ1) is 23.8. The Morgan fingerprint density at radius 1 is 1.00 bits per heavy atom. The summed E-state index contributed by atoms with van der Waals surface area (Å²) in [6, 6.07) is 18.0. The molecule has 0 N–H and O–H groups in total. The number of anilines is 1. The van der Waals surface area contributed by atoms with Crippen LogP contribution in [0.2, 0.25) is 5.02 Å². The molecular formula is C28H31ClN4O2. The monoisotopic (exact) mass is 490 g/mol. The molecule has 1 saturated carbocycles. The zero-order valence-corrected chi connectivity index (χ0v) is 20.9. The second kappa shape index (κ2) is 10.8. The van der Waals surface area contributed by atoms with Crippen LogP contribution < -0.4 is 4.90 Å². The molecule has 1 saturated heterocycles. The van der Waals surface area contributed by atoms with Crippen LogP contribution >= 0.6 is 11.6 Å². The maximum atomic E-state index is 12.8. The highest BCUT2D eigenvalue weighted by Gasteiger charge is 2.32. The van der Waals surface area contributed by atoms with Gasteiger partial charge in [0, 0.05) is 61.8 Å². The molecule has 0 bridgehead atoms. The normalized spacial score (nSPS) is 16.3. The van der Waals surface area contributed by atoms with Gasteiger partial charge in [0.05, 0.1) is 12.3 Å². The zero-order chi connectivity index (χ0) is 24.2. The fourth-order valence-electron chi connectivity index (χ4n) is 4.79. The minimum absolute atomic E-state index is 0.235. The lowest BCUT2D eigenvalue weighted by atomic mass is 9.84. The molecule has 0 unspecified atom stereocenters. The van der Waals surface area contributed by atoms with E-state index in [0.717, 1.165) is 67.2 Å². The summed E-state index contributed by atoms with van der Waals surface area (Å²) in [5, 5.41) is 0.717. The number of rotatable bonds is 7. The summed E-state index contributed by atoms with van der Waals surface area (Å²) in [4.78, 5) is 27.2. The van der Waals surface area contributed by atoms with E-state index in [-0.39, 0.29) is 5.92 Å². The van der Waals surface area contributed by atoms with Gasteiger partial charge in [-0.2, -0.15) is 0 Å². The molecule has 2 heterocycles. The highest BCUT2D eigenvalue weighted by atomic mass is 35.5. The van der Waals surface area contributed by atoms with Crippen molar-refractivity contribution in [3.05, 3.63) is 76.4 Å². The summed E-state index contributed by atoms with van der Waals surface area (Å²) in [5.41, 5.74) is 4.07. The van der Waals surface area contributed by atoms with E-state index in [0.29, 0.717) is 29.8 Å². The SMILES string of the molecule is COCc1nc(-c2ccccc2)nc(N2CCN(C(=O)C3CCC3)CC2)c1Cc1ccc(Cl)cc1. The van der Waals surface area contributed by atoms with Crippen LogP contribution in [0.25, 0.3) is 11.4 Å². The average molecular weight is 491 g/mol. The summed E-state index contributed by atoms with van der Waals surface area (Å²) in [5.74, 6) is 2.18. The third kappa shape index (κ3) is 5.34. The number of amides is 1. The summed E-state index contributed by atoms with van der Waals surface area (Å²) < 4.78 is 5.57. The van der Waals surface area contributed by atoms with E-state index in [1.807, 2.05) is 59.5 Å². The summed E-state index contributed by atoms with van der Waals surface area (Å²) in [6.45, 7) is 3.35. The molecule has 7 heteroatoms. The number of carbonyl (C=O) groups is 1. The van der Waals surface area contributed by atoms with Crippen LogP contribution in [-0.4, -0.2) is 54.1 Å². The van der Waals surface area contributed by atoms with E-state index < -0.39 is 0 Å². The molecule has 2 aromatic carbocycles. The Morgan fingerprint density at radius 3 is 2.34 bits per heavy atom. The molecule has 0 radical (unpaired) electrons. The fourth-order valence-corrected chi connectivity index (χ4v) is 4.92. The van der Waals surface area contributed by atoms with Gasteiger partial charge in [-0.25, -0.2) is 9.97 Å². The smallest absolute Gasteiger partial charge is 0.225 e. The maximum Gasteiger partial charge on any atom is 0.225 e. The van der Waals surface area contributed by atoms with Gasteiger partial charge in [0.1, 0.15) is 5.82 Å². The van der Waals surface area contributed by atoms with E-state index in [2.05, 4.69) is 4.90 Å². The highest BCUT2D eigenvalue weighted by molar-refractivity contribution is 6.30. The van der Waals surface area contributed by atoms with E-state index >= 15 is 0 Å². The van der Waals surface area contributed by atoms with E-state index in [9.17, 15) is 4.79 Å². The molecule has 3 aromatic rings. The molecule has 0 atom stereocenters. The number of piperazine rings is 1. The van der Waals surface area contributed by atoms with Crippen molar-refractivity contribution in [3.63, 3.8) is 0 Å². The second-order valence-electron chi connectivity index (χ2n) is 9.34. The van der Waals surface area contributed by atoms with Crippen molar-refractivity contribution in [1.82, 2.24) is 14.9 Å². The van der Waals surface area contributed by atoms with Gasteiger partial charge in [-0.1, -0.05) is 60.5 Å². The highest BCUT2D eigenvalue weighted by Crippen LogP contribution is 2.31. The number of aromatic nitrogens is 2. The number of nitrogens with zero attached hydrogens (tertiary/aromatic N) is 4. The van der Waals surface area contributed by atoms with Crippen molar-refractivity contribution in [1.29, 1.82) is 0 Å². The van der Waals surface area contributed by atoms with Crippen LogP contribution in [0.15, 0.2) is 54.6 Å². The first-order valence-electron chi connectivity index (χ1n) is 12.3. The molecule has 35 heavy (non-hydrogen) atoms. The number of hydrogen-bond acceptors (Lipinski definition) is 5. The lowest BCUT2D eigenvalue weighted by molar-refractivity contribution is -0.138. The molecule has 6 nitrogen and oxygen atoms in total. The van der Waals surface area contributed by atoms with E-state index in [1.54, 1.807) is 7.11 Å². The quantitative estimate of drug-likeness (QED) is 0.467. The third-order valence-corrected chi connectivity index (χ3v) is 7.28. The Bertz CT molecular complexity index is 1160. The fraction of sp³-hybridized carbons (Fsp3) is 0.393. The first-order valence-corrected chi connectivity index (χ1v) is 12.7. The van der Waals surface area contributed by atoms with Crippen LogP contribution in [0.4, 0.5) is 5.82 Å². The lowest BCUT2D eigenvalue weighted by Gasteiger charge is -2.39. The van der Waals surface area contributed by atoms with E-state index in [1.165, 1.54) is 6.42 Å². The van der Waals surface area contributed by atoms with Crippen molar-refractivity contribution in [3.8, 4) is 11.4 Å². The van der Waals surface area contributed by atoms with Gasteiger partial charge in [0.2, 0.25) is 5.91 Å². The Labute approximate surface area is 211 Å². The van der Waals surface area contributed by atoms with Crippen LogP contribution in [0.5, 0.6) is 0 Å². The van der Waals surface area contributed by atoms with Crippen molar-refractivity contribution in [2.24, 2.45) is 5.92 Å². The van der Waals surface area contributed by atoms with Gasteiger partial charge in [0.15, 0.2) is 5.82 Å². The van der Waals surface area contributed by atoms with Gasteiger partial charge < -0.3 is 14.5 Å². The van der Waals surface area contributed by atoms with Crippen molar-refractivity contribution >= 4 is 23.3 Å². The standard InChI is InChI=1S/C28H31ClN4O2/c1-35-19-25-24(18-20-10-12-23(29)13-11-20)27(31-26(30-25)21-6-3-2-4-7-21)32-14-16-33(17-15-32)28(34)22-8-5-9-22/h2-4,6-7,10-13,22H,5,8-9,14-19H2,1H3. The largest absolute Gasteiger partial charge is 0.378 e. The minimum Gasteiger partial charge on any atom is -0.378 e. The van der Waals surface area contributed by atoms with Gasteiger partial charge in [-0.15, -0.1) is 0 Å². The summed E-state index contributed by atoms with van der Waals surface area (Å²) in [6.07, 6.45) is 3.94. The van der Waals surface area contributed by atoms with Crippen molar-refractivity contribution in [2.45, 2.75) is 32.3 Å². The molecule has 2 fully saturated rings. The number of carbonyl (C=O) groups excluding carboxylic acids is 1. The van der Waals surface area contributed by atoms with Crippen LogP contribution in [0.3, 0.4) is 0 Å². The zero-order valence-electron chi connectivity index (χ0n) is 20.1. The predicted octanol–water partition coefficient (Wildman–Crippen LogP) is 4.98. The van der Waals surface area contributed by atoms with Gasteiger partial charge in [-0.3, -0.25) is 4.79 Å². The molecular weight excluding hydrogens is 460 g/mol. The Hall–Kier alpha value is -2.96. The summed E-state index contributed by atoms with van der Waals surface area (Å²) in [7, 11) is 1.70. The van der Waals surface area contributed by atoms with Crippen LogP contribution in [0.1, 0.15) is 36.1 Å². The van der Waals surface area contributed by atoms with Crippen LogP contribution in [0, 0.1) is 5.92 Å². The first-order chi connectivity index (χ1) is 17.1. The molecule has 182 valence electrons. The third-order valence-electron chi connectivity index (χ3n) is 7.02. The van der Waals surface area contributed by atoms with Gasteiger partial charge in [-0.05, 0) is 30.5 Å². The van der Waals surface area contributed by atoms with Crippen molar-refractivity contribution in [2.75, 3.05) is 38.2 Å². The number of methoxy groups -OCH3 is 1. The number of hydrogen-bond donors (Lipinski definition) is 0. The van der Waals surface area contributed by atoms with Gasteiger partial charge in [0.25, 0.3) is 0 Å². The average Bonchev–Trinajstić information content (AvgIpc) is 2.86. The molecule has 5 rings (SSSR count). The molecule has 1 aliphatic carbocycles. The predicted molar refractivity (Wildman–Crippen MR) is 139 cm³/mol. The molecule has 2 aliphatic rings. The Kier molecular flexibility index (Phi) is 7.30. The van der Waals surface area contributed by atoms with Crippen LogP contribution in [-0.2, 0) is 22.6 Å². The lowest BCUT2D eigenvalue weighted by Crippen LogP contribution is -2.51. The summed E-state index contributed by atoms with van der Waals surface area (Å²) >= 11 is 6.13. The van der Waals surface area contributed by atoms with Crippen molar-refractivity contribution < 1.29 is 9.53 Å². The Morgan fingerprint density at radius 2 is 1.71 bits per heavy atom. The minimum atomic E-state index is 0.235. The number of ether oxygens (including phenoxy) is 1. The number of halogens is 1. The van der Waals surface area contributed by atoms with E-state index in [4.69, 9.17) is 26.3 Å². The maximum absolute atomic E-state index is 12.8. The second-order valence-corrected chi connectivity index (χ2v) is 9.77. The topological polar surface area (TPSA) is 58.6 Å².